The van der Waals surface area contributed by atoms with Crippen LogP contribution in [0.25, 0.3) is 0 Å². The number of fused-ring (bicyclic) bond motifs is 1. The van der Waals surface area contributed by atoms with Crippen LogP contribution in [0.5, 0.6) is 0 Å². The van der Waals surface area contributed by atoms with Crippen molar-refractivity contribution in [2.45, 2.75) is 57.0 Å². The molecular formula is C14H24F2N2O2. The predicted molar refractivity (Wildman–Crippen MR) is 71.7 cm³/mol. The van der Waals surface area contributed by atoms with E-state index in [-0.39, 0.29) is 25.1 Å². The topological polar surface area (TPSA) is 50.4 Å². The van der Waals surface area contributed by atoms with Crippen LogP contribution in [0.1, 0.15) is 38.5 Å². The molecule has 0 radical (unpaired) electrons. The van der Waals surface area contributed by atoms with Crippen molar-refractivity contribution >= 4 is 5.91 Å². The molecule has 2 fully saturated rings. The van der Waals surface area contributed by atoms with E-state index >= 15 is 0 Å². The third-order valence-electron chi connectivity index (χ3n) is 4.26. The summed E-state index contributed by atoms with van der Waals surface area (Å²) in [5.41, 5.74) is 0. The molecule has 0 aromatic heterocycles. The van der Waals surface area contributed by atoms with Gasteiger partial charge in [-0.25, -0.2) is 8.78 Å². The summed E-state index contributed by atoms with van der Waals surface area (Å²) in [6, 6.07) is 0.341. The number of carbonyl (C=O) groups excluding carboxylic acids is 1. The minimum atomic E-state index is -2.45. The van der Waals surface area contributed by atoms with E-state index in [0.717, 1.165) is 25.2 Å². The van der Waals surface area contributed by atoms with Crippen molar-refractivity contribution in [3.63, 3.8) is 0 Å². The van der Waals surface area contributed by atoms with Gasteiger partial charge in [-0.2, -0.15) is 0 Å². The number of alkyl halides is 2. The van der Waals surface area contributed by atoms with Gasteiger partial charge in [0.2, 0.25) is 5.91 Å². The number of hydrogen-bond acceptors (Lipinski definition) is 3. The molecule has 4 nitrogen and oxygen atoms in total. The molecule has 3 atom stereocenters. The van der Waals surface area contributed by atoms with Crippen molar-refractivity contribution < 1.29 is 18.3 Å². The molecular weight excluding hydrogens is 266 g/mol. The molecule has 116 valence electrons. The van der Waals surface area contributed by atoms with Gasteiger partial charge in [-0.05, 0) is 31.6 Å². The Morgan fingerprint density at radius 3 is 2.85 bits per heavy atom. The zero-order valence-corrected chi connectivity index (χ0v) is 11.7. The van der Waals surface area contributed by atoms with Crippen molar-refractivity contribution in [2.75, 3.05) is 19.8 Å². The first kappa shape index (κ1) is 15.6. The summed E-state index contributed by atoms with van der Waals surface area (Å²) < 4.78 is 28.4. The third kappa shape index (κ3) is 4.66. The molecule has 2 rings (SSSR count). The van der Waals surface area contributed by atoms with Crippen molar-refractivity contribution in [1.29, 1.82) is 0 Å². The Hall–Kier alpha value is -0.750. The highest BCUT2D eigenvalue weighted by Crippen LogP contribution is 2.32. The zero-order valence-electron chi connectivity index (χ0n) is 11.7. The highest BCUT2D eigenvalue weighted by Gasteiger charge is 2.34. The Bertz CT molecular complexity index is 316. The zero-order chi connectivity index (χ0) is 14.4. The van der Waals surface area contributed by atoms with E-state index in [0.29, 0.717) is 6.04 Å². The largest absolute Gasteiger partial charge is 0.374 e. The number of nitrogens with one attached hydrogen (secondary N) is 2. The molecule has 20 heavy (non-hydrogen) atoms. The molecule has 0 bridgehead atoms. The van der Waals surface area contributed by atoms with Gasteiger partial charge >= 0.3 is 0 Å². The van der Waals surface area contributed by atoms with Crippen LogP contribution in [-0.4, -0.2) is 44.2 Å². The predicted octanol–water partition coefficient (Wildman–Crippen LogP) is 1.70. The molecule has 0 aromatic rings. The molecule has 1 saturated heterocycles. The van der Waals surface area contributed by atoms with Gasteiger partial charge in [0.05, 0.1) is 12.6 Å². The summed E-state index contributed by atoms with van der Waals surface area (Å²) in [7, 11) is 0. The average Bonchev–Trinajstić information content (AvgIpc) is 2.46. The molecule has 0 spiro atoms. The molecule has 1 aliphatic heterocycles. The molecule has 2 N–H and O–H groups in total. The van der Waals surface area contributed by atoms with Gasteiger partial charge < -0.3 is 15.4 Å². The summed E-state index contributed by atoms with van der Waals surface area (Å²) in [6.45, 7) is -0.145. The summed E-state index contributed by atoms with van der Waals surface area (Å²) >= 11 is 0. The van der Waals surface area contributed by atoms with E-state index in [9.17, 15) is 13.6 Å². The van der Waals surface area contributed by atoms with Crippen LogP contribution in [0.3, 0.4) is 0 Å². The molecule has 1 amide bonds. The van der Waals surface area contributed by atoms with Crippen LogP contribution < -0.4 is 10.6 Å². The second-order valence-corrected chi connectivity index (χ2v) is 5.70. The molecule has 0 aromatic carbocycles. The SMILES string of the molecule is O=C(NCCOCC(F)F)C1CCC2CCCCC2N1. The van der Waals surface area contributed by atoms with Crippen molar-refractivity contribution in [1.82, 2.24) is 10.6 Å². The number of piperidine rings is 1. The lowest BCUT2D eigenvalue weighted by atomic mass is 9.77. The van der Waals surface area contributed by atoms with Crippen LogP contribution in [0.4, 0.5) is 8.78 Å². The standard InChI is InChI=1S/C14H24F2N2O2/c15-13(16)9-20-8-7-17-14(19)12-6-5-10-3-1-2-4-11(10)18-12/h10-13,18H,1-9H2,(H,17,19). The van der Waals surface area contributed by atoms with E-state index in [4.69, 9.17) is 4.74 Å². The molecule has 1 heterocycles. The smallest absolute Gasteiger partial charge is 0.261 e. The van der Waals surface area contributed by atoms with Gasteiger partial charge in [-0.3, -0.25) is 4.79 Å². The first-order valence-electron chi connectivity index (χ1n) is 7.56. The lowest BCUT2D eigenvalue weighted by Crippen LogP contribution is -2.55. The van der Waals surface area contributed by atoms with Crippen molar-refractivity contribution in [2.24, 2.45) is 5.92 Å². The molecule has 6 heteroatoms. The lowest BCUT2D eigenvalue weighted by Gasteiger charge is -2.39. The molecule has 1 aliphatic carbocycles. The van der Waals surface area contributed by atoms with Gasteiger partial charge in [0.25, 0.3) is 6.43 Å². The number of carbonyl (C=O) groups is 1. The number of halogens is 2. The Morgan fingerprint density at radius 1 is 1.25 bits per heavy atom. The summed E-state index contributed by atoms with van der Waals surface area (Å²) in [6.07, 6.45) is 4.50. The van der Waals surface area contributed by atoms with Crippen LogP contribution >= 0.6 is 0 Å². The van der Waals surface area contributed by atoms with Crippen LogP contribution in [0, 0.1) is 5.92 Å². The fraction of sp³-hybridized carbons (Fsp3) is 0.929. The van der Waals surface area contributed by atoms with Gasteiger partial charge in [-0.15, -0.1) is 0 Å². The molecule has 3 unspecified atom stereocenters. The first-order valence-corrected chi connectivity index (χ1v) is 7.56. The van der Waals surface area contributed by atoms with Gasteiger partial charge in [0.15, 0.2) is 0 Å². The fourth-order valence-electron chi connectivity index (χ4n) is 3.24. The Morgan fingerprint density at radius 2 is 2.05 bits per heavy atom. The minimum absolute atomic E-state index is 0.0327. The van der Waals surface area contributed by atoms with Crippen molar-refractivity contribution in [3.8, 4) is 0 Å². The second-order valence-electron chi connectivity index (χ2n) is 5.70. The average molecular weight is 290 g/mol. The van der Waals surface area contributed by atoms with E-state index in [1.54, 1.807) is 0 Å². The van der Waals surface area contributed by atoms with Crippen molar-refractivity contribution in [3.05, 3.63) is 0 Å². The molecule has 1 saturated carbocycles. The maximum Gasteiger partial charge on any atom is 0.261 e. The second kappa shape index (κ2) is 7.88. The highest BCUT2D eigenvalue weighted by atomic mass is 19.3. The van der Waals surface area contributed by atoms with E-state index in [1.165, 1.54) is 19.3 Å². The Kier molecular flexibility index (Phi) is 6.16. The number of ether oxygens (including phenoxy) is 1. The minimum Gasteiger partial charge on any atom is -0.374 e. The number of hydrogen-bond donors (Lipinski definition) is 2. The maximum atomic E-state index is 12.0. The van der Waals surface area contributed by atoms with Gasteiger partial charge in [0, 0.05) is 12.6 Å². The normalized spacial score (nSPS) is 30.1. The van der Waals surface area contributed by atoms with E-state index < -0.39 is 13.0 Å². The number of amides is 1. The van der Waals surface area contributed by atoms with Crippen LogP contribution in [0.15, 0.2) is 0 Å². The van der Waals surface area contributed by atoms with E-state index in [1.807, 2.05) is 0 Å². The Labute approximate surface area is 118 Å². The fourth-order valence-corrected chi connectivity index (χ4v) is 3.24. The number of rotatable bonds is 6. The van der Waals surface area contributed by atoms with Gasteiger partial charge in [-0.1, -0.05) is 12.8 Å². The maximum absolute atomic E-state index is 12.0. The quantitative estimate of drug-likeness (QED) is 0.732. The Balaban J connectivity index is 1.63. The summed E-state index contributed by atoms with van der Waals surface area (Å²) in [5.74, 6) is 0.692. The van der Waals surface area contributed by atoms with Gasteiger partial charge in [0.1, 0.15) is 6.61 Å². The summed E-state index contributed by atoms with van der Waals surface area (Å²) in [4.78, 5) is 12.0. The third-order valence-corrected chi connectivity index (χ3v) is 4.26. The summed E-state index contributed by atoms with van der Waals surface area (Å²) in [5, 5.41) is 6.19. The van der Waals surface area contributed by atoms with E-state index in [2.05, 4.69) is 10.6 Å². The highest BCUT2D eigenvalue weighted by molar-refractivity contribution is 5.81. The molecule has 2 aliphatic rings. The monoisotopic (exact) mass is 290 g/mol. The van der Waals surface area contributed by atoms with Crippen LogP contribution in [0.2, 0.25) is 0 Å². The first-order chi connectivity index (χ1) is 9.66. The van der Waals surface area contributed by atoms with Crippen LogP contribution in [-0.2, 0) is 9.53 Å². The lowest BCUT2D eigenvalue weighted by molar-refractivity contribution is -0.124.